The first-order valence-corrected chi connectivity index (χ1v) is 8.08. The van der Waals surface area contributed by atoms with Crippen LogP contribution in [0, 0.1) is 5.82 Å². The van der Waals surface area contributed by atoms with E-state index < -0.39 is 6.10 Å². The number of piperidine rings is 1. The van der Waals surface area contributed by atoms with Crippen molar-refractivity contribution < 1.29 is 13.9 Å². The Morgan fingerprint density at radius 3 is 2.68 bits per heavy atom. The van der Waals surface area contributed by atoms with Crippen LogP contribution in [0.5, 0.6) is 5.75 Å². The average molecular weight is 306 g/mol. The summed E-state index contributed by atoms with van der Waals surface area (Å²) in [6, 6.07) is 6.89. The standard InChI is InChI=1S/C17H23FN2O2/c1-12(22-16-4-2-3-13(18)11-16)17(21)19-14-7-9-20(10-8-14)15-5-6-15/h2-4,11-12,14-15H,5-10H2,1H3,(H,19,21)/t12-/m0/s1. The molecule has 0 radical (unpaired) electrons. The maximum absolute atomic E-state index is 13.1. The predicted molar refractivity (Wildman–Crippen MR) is 82.2 cm³/mol. The highest BCUT2D eigenvalue weighted by atomic mass is 19.1. The molecule has 4 nitrogen and oxygen atoms in total. The van der Waals surface area contributed by atoms with Crippen molar-refractivity contribution in [2.75, 3.05) is 13.1 Å². The summed E-state index contributed by atoms with van der Waals surface area (Å²) in [5.41, 5.74) is 0. The molecule has 2 aliphatic rings. The van der Waals surface area contributed by atoms with Crippen molar-refractivity contribution in [2.45, 2.75) is 50.8 Å². The summed E-state index contributed by atoms with van der Waals surface area (Å²) in [4.78, 5) is 14.7. The van der Waals surface area contributed by atoms with E-state index in [0.29, 0.717) is 5.75 Å². The Labute approximate surface area is 130 Å². The lowest BCUT2D eigenvalue weighted by molar-refractivity contribution is -0.128. The lowest BCUT2D eigenvalue weighted by Gasteiger charge is -2.32. The maximum atomic E-state index is 13.1. The topological polar surface area (TPSA) is 41.6 Å². The van der Waals surface area contributed by atoms with E-state index in [1.54, 1.807) is 19.1 Å². The molecule has 0 aromatic heterocycles. The zero-order chi connectivity index (χ0) is 15.5. The first kappa shape index (κ1) is 15.3. The van der Waals surface area contributed by atoms with Crippen LogP contribution in [-0.4, -0.2) is 42.1 Å². The zero-order valence-corrected chi connectivity index (χ0v) is 12.9. The van der Waals surface area contributed by atoms with Gasteiger partial charge < -0.3 is 15.0 Å². The smallest absolute Gasteiger partial charge is 0.260 e. The van der Waals surface area contributed by atoms with Gasteiger partial charge in [0.05, 0.1) is 0 Å². The average Bonchev–Trinajstić information content (AvgIpc) is 3.32. The van der Waals surface area contributed by atoms with Crippen LogP contribution in [0.4, 0.5) is 4.39 Å². The van der Waals surface area contributed by atoms with Gasteiger partial charge in [0.1, 0.15) is 11.6 Å². The minimum absolute atomic E-state index is 0.130. The fraction of sp³-hybridized carbons (Fsp3) is 0.588. The number of hydrogen-bond donors (Lipinski definition) is 1. The van der Waals surface area contributed by atoms with E-state index in [1.165, 1.54) is 25.0 Å². The molecule has 2 fully saturated rings. The van der Waals surface area contributed by atoms with Crippen LogP contribution in [0.25, 0.3) is 0 Å². The monoisotopic (exact) mass is 306 g/mol. The lowest BCUT2D eigenvalue weighted by Crippen LogP contribution is -2.48. The number of rotatable bonds is 5. The predicted octanol–water partition coefficient (Wildman–Crippen LogP) is 2.34. The van der Waals surface area contributed by atoms with Crippen molar-refractivity contribution in [3.8, 4) is 5.75 Å². The highest BCUT2D eigenvalue weighted by Crippen LogP contribution is 2.29. The van der Waals surface area contributed by atoms with Gasteiger partial charge in [-0.3, -0.25) is 4.79 Å². The van der Waals surface area contributed by atoms with Crippen molar-refractivity contribution in [1.82, 2.24) is 10.2 Å². The Bertz CT molecular complexity index is 525. The molecule has 5 heteroatoms. The van der Waals surface area contributed by atoms with Crippen LogP contribution < -0.4 is 10.1 Å². The number of hydrogen-bond acceptors (Lipinski definition) is 3. The van der Waals surface area contributed by atoms with Gasteiger partial charge in [0, 0.05) is 31.2 Å². The van der Waals surface area contributed by atoms with Crippen LogP contribution in [0.15, 0.2) is 24.3 Å². The van der Waals surface area contributed by atoms with Gasteiger partial charge in [-0.1, -0.05) is 6.07 Å². The highest BCUT2D eigenvalue weighted by Gasteiger charge is 2.32. The number of nitrogens with zero attached hydrogens (tertiary/aromatic N) is 1. The van der Waals surface area contributed by atoms with Crippen LogP contribution in [-0.2, 0) is 4.79 Å². The normalized spacial score (nSPS) is 21.4. The molecule has 0 spiro atoms. The van der Waals surface area contributed by atoms with Crippen LogP contribution in [0.3, 0.4) is 0 Å². The van der Waals surface area contributed by atoms with E-state index in [1.807, 2.05) is 0 Å². The molecular formula is C17H23FN2O2. The molecule has 1 atom stereocenters. The summed E-state index contributed by atoms with van der Waals surface area (Å²) >= 11 is 0. The molecule has 22 heavy (non-hydrogen) atoms. The number of carbonyl (C=O) groups is 1. The van der Waals surface area contributed by atoms with Gasteiger partial charge in [-0.25, -0.2) is 4.39 Å². The summed E-state index contributed by atoms with van der Waals surface area (Å²) in [6.45, 7) is 3.82. The van der Waals surface area contributed by atoms with E-state index >= 15 is 0 Å². The van der Waals surface area contributed by atoms with Crippen molar-refractivity contribution in [1.29, 1.82) is 0 Å². The molecule has 1 aromatic rings. The second-order valence-corrected chi connectivity index (χ2v) is 6.27. The number of benzene rings is 1. The number of nitrogens with one attached hydrogen (secondary N) is 1. The van der Waals surface area contributed by atoms with Gasteiger partial charge in [-0.15, -0.1) is 0 Å². The molecule has 1 aromatic carbocycles. The molecular weight excluding hydrogens is 283 g/mol. The molecule has 0 unspecified atom stereocenters. The largest absolute Gasteiger partial charge is 0.481 e. The van der Waals surface area contributed by atoms with Crippen molar-refractivity contribution in [3.05, 3.63) is 30.1 Å². The summed E-state index contributed by atoms with van der Waals surface area (Å²) in [5, 5.41) is 3.05. The molecule has 1 aliphatic carbocycles. The van der Waals surface area contributed by atoms with Gasteiger partial charge in [0.25, 0.3) is 5.91 Å². The number of halogens is 1. The maximum Gasteiger partial charge on any atom is 0.260 e. The molecule has 1 N–H and O–H groups in total. The minimum Gasteiger partial charge on any atom is -0.481 e. The third-order valence-electron chi connectivity index (χ3n) is 4.42. The Morgan fingerprint density at radius 2 is 2.05 bits per heavy atom. The molecule has 0 bridgehead atoms. The molecule has 3 rings (SSSR count). The second-order valence-electron chi connectivity index (χ2n) is 6.27. The number of amides is 1. The van der Waals surface area contributed by atoms with Crippen molar-refractivity contribution in [2.24, 2.45) is 0 Å². The Kier molecular flexibility index (Phi) is 4.62. The SMILES string of the molecule is C[C@H](Oc1cccc(F)c1)C(=O)NC1CCN(C2CC2)CC1. The van der Waals surface area contributed by atoms with Crippen molar-refractivity contribution in [3.63, 3.8) is 0 Å². The third-order valence-corrected chi connectivity index (χ3v) is 4.42. The summed E-state index contributed by atoms with van der Waals surface area (Å²) in [5.74, 6) is -0.113. The molecule has 1 amide bonds. The van der Waals surface area contributed by atoms with Crippen molar-refractivity contribution >= 4 is 5.91 Å². The molecule has 1 heterocycles. The Morgan fingerprint density at radius 1 is 1.32 bits per heavy atom. The van der Waals surface area contributed by atoms with E-state index in [2.05, 4.69) is 10.2 Å². The van der Waals surface area contributed by atoms with E-state index in [4.69, 9.17) is 4.74 Å². The first-order chi connectivity index (χ1) is 10.6. The van der Waals surface area contributed by atoms with E-state index in [-0.39, 0.29) is 17.8 Å². The third kappa shape index (κ3) is 3.97. The summed E-state index contributed by atoms with van der Waals surface area (Å²) < 4.78 is 18.6. The van der Waals surface area contributed by atoms with Crippen LogP contribution in [0.2, 0.25) is 0 Å². The fourth-order valence-corrected chi connectivity index (χ4v) is 2.97. The lowest BCUT2D eigenvalue weighted by atomic mass is 10.0. The first-order valence-electron chi connectivity index (χ1n) is 8.08. The minimum atomic E-state index is -0.622. The number of ether oxygens (including phenoxy) is 1. The zero-order valence-electron chi connectivity index (χ0n) is 12.9. The Balaban J connectivity index is 1.45. The quantitative estimate of drug-likeness (QED) is 0.908. The Hall–Kier alpha value is -1.62. The second kappa shape index (κ2) is 6.65. The molecule has 120 valence electrons. The number of likely N-dealkylation sites (tertiary alicyclic amines) is 1. The summed E-state index contributed by atoms with van der Waals surface area (Å²) in [7, 11) is 0. The van der Waals surface area contributed by atoms with E-state index in [0.717, 1.165) is 32.0 Å². The van der Waals surface area contributed by atoms with Crippen LogP contribution >= 0.6 is 0 Å². The molecule has 1 saturated heterocycles. The summed E-state index contributed by atoms with van der Waals surface area (Å²) in [6.07, 6.45) is 4.03. The molecule has 1 saturated carbocycles. The fourth-order valence-electron chi connectivity index (χ4n) is 2.97. The molecule has 1 aliphatic heterocycles. The van der Waals surface area contributed by atoms with Gasteiger partial charge >= 0.3 is 0 Å². The van der Waals surface area contributed by atoms with E-state index in [9.17, 15) is 9.18 Å². The van der Waals surface area contributed by atoms with Gasteiger partial charge in [0.15, 0.2) is 6.10 Å². The van der Waals surface area contributed by atoms with Gasteiger partial charge in [0.2, 0.25) is 0 Å². The van der Waals surface area contributed by atoms with Gasteiger partial charge in [-0.2, -0.15) is 0 Å². The van der Waals surface area contributed by atoms with Gasteiger partial charge in [-0.05, 0) is 44.7 Å². The van der Waals surface area contributed by atoms with Crippen LogP contribution in [0.1, 0.15) is 32.6 Å². The number of carbonyl (C=O) groups excluding carboxylic acids is 1. The highest BCUT2D eigenvalue weighted by molar-refractivity contribution is 5.81.